The van der Waals surface area contributed by atoms with Gasteiger partial charge in [-0.1, -0.05) is 84.8 Å². The monoisotopic (exact) mass is 362 g/mol. The molecule has 0 aliphatic rings. The van der Waals surface area contributed by atoms with Crippen LogP contribution in [-0.2, 0) is 21.4 Å². The Balaban J connectivity index is 2.34. The highest BCUT2D eigenvalue weighted by atomic mass is 16.5. The van der Waals surface area contributed by atoms with Gasteiger partial charge >= 0.3 is 5.97 Å². The molecular formula is C23H38O3. The van der Waals surface area contributed by atoms with Crippen molar-refractivity contribution in [2.24, 2.45) is 0 Å². The SMILES string of the molecule is CCCCCCCCCCOC(=O)Cc1cc(C)c(O)c(C(C)(C)C)c1. The second kappa shape index (κ2) is 11.3. The number of unbranched alkanes of at least 4 members (excludes halogenated alkanes) is 7. The number of hydrogen-bond acceptors (Lipinski definition) is 3. The number of phenolic OH excluding ortho intramolecular Hbond substituents is 1. The quantitative estimate of drug-likeness (QED) is 0.375. The smallest absolute Gasteiger partial charge is 0.310 e. The van der Waals surface area contributed by atoms with E-state index in [1.54, 1.807) is 0 Å². The molecule has 1 N–H and O–H groups in total. The van der Waals surface area contributed by atoms with Gasteiger partial charge in [0.1, 0.15) is 5.75 Å². The van der Waals surface area contributed by atoms with Gasteiger partial charge in [0.15, 0.2) is 0 Å². The van der Waals surface area contributed by atoms with Crippen molar-refractivity contribution in [3.63, 3.8) is 0 Å². The predicted octanol–water partition coefficient (Wildman–Crippen LogP) is 6.22. The van der Waals surface area contributed by atoms with E-state index in [-0.39, 0.29) is 17.8 Å². The fourth-order valence-electron chi connectivity index (χ4n) is 3.17. The largest absolute Gasteiger partial charge is 0.507 e. The van der Waals surface area contributed by atoms with E-state index < -0.39 is 0 Å². The maximum absolute atomic E-state index is 12.1. The van der Waals surface area contributed by atoms with Gasteiger partial charge in [-0.15, -0.1) is 0 Å². The van der Waals surface area contributed by atoms with Gasteiger partial charge in [-0.2, -0.15) is 0 Å². The summed E-state index contributed by atoms with van der Waals surface area (Å²) in [7, 11) is 0. The number of aryl methyl sites for hydroxylation is 1. The van der Waals surface area contributed by atoms with Crippen LogP contribution in [0.25, 0.3) is 0 Å². The second-order valence-corrected chi connectivity index (χ2v) is 8.43. The lowest BCUT2D eigenvalue weighted by molar-refractivity contribution is -0.142. The summed E-state index contributed by atoms with van der Waals surface area (Å²) < 4.78 is 5.39. The maximum atomic E-state index is 12.1. The standard InChI is InChI=1S/C23H38O3/c1-6-7-8-9-10-11-12-13-14-26-21(24)17-19-15-18(2)22(25)20(16-19)23(3,4)5/h15-16,25H,6-14,17H2,1-5H3. The van der Waals surface area contributed by atoms with Crippen LogP contribution in [0.15, 0.2) is 12.1 Å². The van der Waals surface area contributed by atoms with Crippen LogP contribution in [0, 0.1) is 6.92 Å². The maximum Gasteiger partial charge on any atom is 0.310 e. The molecule has 0 unspecified atom stereocenters. The van der Waals surface area contributed by atoms with Gasteiger partial charge in [0, 0.05) is 0 Å². The van der Waals surface area contributed by atoms with E-state index in [2.05, 4.69) is 27.7 Å². The lowest BCUT2D eigenvalue weighted by atomic mass is 9.84. The highest BCUT2D eigenvalue weighted by molar-refractivity contribution is 5.73. The zero-order chi connectivity index (χ0) is 19.6. The van der Waals surface area contributed by atoms with Gasteiger partial charge in [-0.25, -0.2) is 0 Å². The summed E-state index contributed by atoms with van der Waals surface area (Å²) in [4.78, 5) is 12.1. The Kier molecular flexibility index (Phi) is 9.75. The third kappa shape index (κ3) is 8.25. The second-order valence-electron chi connectivity index (χ2n) is 8.43. The van der Waals surface area contributed by atoms with E-state index in [1.807, 2.05) is 19.1 Å². The third-order valence-electron chi connectivity index (χ3n) is 4.78. The zero-order valence-corrected chi connectivity index (χ0v) is 17.5. The van der Waals surface area contributed by atoms with Crippen molar-refractivity contribution in [2.45, 2.75) is 97.8 Å². The van der Waals surface area contributed by atoms with Crippen LogP contribution >= 0.6 is 0 Å². The molecular weight excluding hydrogens is 324 g/mol. The van der Waals surface area contributed by atoms with Crippen molar-refractivity contribution in [1.82, 2.24) is 0 Å². The summed E-state index contributed by atoms with van der Waals surface area (Å²) in [5.41, 5.74) is 2.43. The Morgan fingerprint density at radius 2 is 1.58 bits per heavy atom. The van der Waals surface area contributed by atoms with Gasteiger partial charge in [0.25, 0.3) is 0 Å². The average Bonchev–Trinajstić information content (AvgIpc) is 2.55. The van der Waals surface area contributed by atoms with E-state index in [0.717, 1.165) is 29.5 Å². The number of rotatable bonds is 11. The van der Waals surface area contributed by atoms with Crippen molar-refractivity contribution in [2.75, 3.05) is 6.61 Å². The van der Waals surface area contributed by atoms with Crippen LogP contribution in [0.2, 0.25) is 0 Å². The van der Waals surface area contributed by atoms with Crippen molar-refractivity contribution in [3.8, 4) is 5.75 Å². The molecule has 0 bridgehead atoms. The molecule has 3 nitrogen and oxygen atoms in total. The molecule has 0 radical (unpaired) electrons. The predicted molar refractivity (Wildman–Crippen MR) is 109 cm³/mol. The first-order chi connectivity index (χ1) is 12.3. The van der Waals surface area contributed by atoms with Crippen LogP contribution in [-0.4, -0.2) is 17.7 Å². The minimum Gasteiger partial charge on any atom is -0.507 e. The van der Waals surface area contributed by atoms with Crippen molar-refractivity contribution in [1.29, 1.82) is 0 Å². The fourth-order valence-corrected chi connectivity index (χ4v) is 3.17. The molecule has 0 atom stereocenters. The summed E-state index contributed by atoms with van der Waals surface area (Å²) in [6.45, 7) is 10.8. The molecule has 1 aromatic rings. The summed E-state index contributed by atoms with van der Waals surface area (Å²) >= 11 is 0. The first-order valence-electron chi connectivity index (χ1n) is 10.2. The molecule has 3 heteroatoms. The Hall–Kier alpha value is -1.51. The fraction of sp³-hybridized carbons (Fsp3) is 0.696. The normalized spacial score (nSPS) is 11.6. The van der Waals surface area contributed by atoms with Gasteiger partial charge in [-0.05, 0) is 35.4 Å². The molecule has 0 heterocycles. The van der Waals surface area contributed by atoms with Crippen LogP contribution in [0.4, 0.5) is 0 Å². The molecule has 0 aliphatic carbocycles. The number of carbonyl (C=O) groups excluding carboxylic acids is 1. The highest BCUT2D eigenvalue weighted by Crippen LogP contribution is 2.34. The molecule has 0 amide bonds. The van der Waals surface area contributed by atoms with E-state index in [1.165, 1.54) is 38.5 Å². The number of ether oxygens (including phenoxy) is 1. The first-order valence-corrected chi connectivity index (χ1v) is 10.2. The molecule has 0 spiro atoms. The van der Waals surface area contributed by atoms with Gasteiger partial charge in [0.2, 0.25) is 0 Å². The number of hydrogen-bond donors (Lipinski definition) is 1. The molecule has 1 aromatic carbocycles. The number of esters is 1. The lowest BCUT2D eigenvalue weighted by Crippen LogP contribution is -2.14. The first kappa shape index (κ1) is 22.5. The average molecular weight is 363 g/mol. The van der Waals surface area contributed by atoms with Crippen LogP contribution in [0.5, 0.6) is 5.75 Å². The van der Waals surface area contributed by atoms with E-state index in [4.69, 9.17) is 4.74 Å². The van der Waals surface area contributed by atoms with Crippen molar-refractivity contribution < 1.29 is 14.6 Å². The minimum atomic E-state index is -0.183. The zero-order valence-electron chi connectivity index (χ0n) is 17.5. The molecule has 0 fully saturated rings. The van der Waals surface area contributed by atoms with Crippen LogP contribution in [0.3, 0.4) is 0 Å². The molecule has 0 aromatic heterocycles. The number of phenols is 1. The lowest BCUT2D eigenvalue weighted by Gasteiger charge is -2.22. The van der Waals surface area contributed by atoms with Crippen molar-refractivity contribution in [3.05, 3.63) is 28.8 Å². The highest BCUT2D eigenvalue weighted by Gasteiger charge is 2.20. The summed E-state index contributed by atoms with van der Waals surface area (Å²) in [6.07, 6.45) is 10.1. The Labute approximate surface area is 160 Å². The van der Waals surface area contributed by atoms with E-state index in [0.29, 0.717) is 12.4 Å². The van der Waals surface area contributed by atoms with Crippen LogP contribution < -0.4 is 0 Å². The molecule has 0 aliphatic heterocycles. The Morgan fingerprint density at radius 3 is 2.15 bits per heavy atom. The number of aromatic hydroxyl groups is 1. The van der Waals surface area contributed by atoms with E-state index >= 15 is 0 Å². The molecule has 0 saturated heterocycles. The molecule has 0 saturated carbocycles. The number of carbonyl (C=O) groups is 1. The summed E-state index contributed by atoms with van der Waals surface area (Å²) in [6, 6.07) is 3.81. The van der Waals surface area contributed by atoms with Crippen molar-refractivity contribution >= 4 is 5.97 Å². The topological polar surface area (TPSA) is 46.5 Å². The Morgan fingerprint density at radius 1 is 1.00 bits per heavy atom. The summed E-state index contributed by atoms with van der Waals surface area (Å²) in [5.74, 6) is 0.145. The third-order valence-corrected chi connectivity index (χ3v) is 4.78. The summed E-state index contributed by atoms with van der Waals surface area (Å²) in [5, 5.41) is 10.3. The number of benzene rings is 1. The Bertz CT molecular complexity index is 555. The molecule has 148 valence electrons. The van der Waals surface area contributed by atoms with Gasteiger partial charge < -0.3 is 9.84 Å². The van der Waals surface area contributed by atoms with Crippen LogP contribution in [0.1, 0.15) is 95.8 Å². The molecule has 1 rings (SSSR count). The van der Waals surface area contributed by atoms with E-state index in [9.17, 15) is 9.90 Å². The molecule has 26 heavy (non-hydrogen) atoms. The minimum absolute atomic E-state index is 0.161. The van der Waals surface area contributed by atoms with Gasteiger partial charge in [0.05, 0.1) is 13.0 Å². The van der Waals surface area contributed by atoms with Gasteiger partial charge in [-0.3, -0.25) is 4.79 Å².